The third-order valence-electron chi connectivity index (χ3n) is 4.44. The molecule has 1 aromatic carbocycles. The summed E-state index contributed by atoms with van der Waals surface area (Å²) in [5, 5.41) is 0. The summed E-state index contributed by atoms with van der Waals surface area (Å²) >= 11 is 0. The van der Waals surface area contributed by atoms with Crippen molar-refractivity contribution in [1.29, 1.82) is 0 Å². The predicted molar refractivity (Wildman–Crippen MR) is 89.1 cm³/mol. The molecule has 1 heterocycles. The number of likely N-dealkylation sites (tertiary alicyclic amines) is 1. The minimum Gasteiger partial charge on any atom is -0.342 e. The largest absolute Gasteiger partial charge is 0.418 e. The van der Waals surface area contributed by atoms with Gasteiger partial charge in [0.25, 0.3) is 0 Å². The van der Waals surface area contributed by atoms with E-state index in [2.05, 4.69) is 6.92 Å². The van der Waals surface area contributed by atoms with Crippen molar-refractivity contribution in [1.82, 2.24) is 4.90 Å². The fourth-order valence-corrected chi connectivity index (χ4v) is 3.18. The van der Waals surface area contributed by atoms with Gasteiger partial charge in [-0.25, -0.2) is 0 Å². The van der Waals surface area contributed by atoms with Crippen molar-refractivity contribution in [2.45, 2.75) is 39.3 Å². The van der Waals surface area contributed by atoms with Gasteiger partial charge in [0.05, 0.1) is 11.3 Å². The van der Waals surface area contributed by atoms with E-state index >= 15 is 0 Å². The van der Waals surface area contributed by atoms with Crippen LogP contribution in [-0.2, 0) is 15.8 Å². The molecule has 1 unspecified atom stereocenters. The van der Waals surface area contributed by atoms with E-state index in [-0.39, 0.29) is 24.6 Å². The second-order valence-corrected chi connectivity index (χ2v) is 6.52. The molecule has 0 saturated carbocycles. The van der Waals surface area contributed by atoms with Crippen molar-refractivity contribution in [3.05, 3.63) is 29.8 Å². The van der Waals surface area contributed by atoms with E-state index in [0.29, 0.717) is 19.0 Å². The summed E-state index contributed by atoms with van der Waals surface area (Å²) in [7, 11) is 0. The Morgan fingerprint density at radius 3 is 2.56 bits per heavy atom. The minimum atomic E-state index is -4.56. The third kappa shape index (κ3) is 4.96. The van der Waals surface area contributed by atoms with Crippen LogP contribution in [0.1, 0.15) is 38.7 Å². The fourth-order valence-electron chi connectivity index (χ4n) is 3.18. The molecule has 0 radical (unpaired) electrons. The number of amides is 2. The smallest absolute Gasteiger partial charge is 0.342 e. The maximum atomic E-state index is 13.2. The average molecular weight is 356 g/mol. The molecule has 0 aliphatic carbocycles. The van der Waals surface area contributed by atoms with Gasteiger partial charge < -0.3 is 9.80 Å². The van der Waals surface area contributed by atoms with Crippen LogP contribution in [0, 0.1) is 5.92 Å². The van der Waals surface area contributed by atoms with Gasteiger partial charge in [0.2, 0.25) is 11.8 Å². The summed E-state index contributed by atoms with van der Waals surface area (Å²) in [6.07, 6.45) is -2.54. The lowest BCUT2D eigenvalue weighted by Crippen LogP contribution is -2.41. The number of carbonyl (C=O) groups is 2. The van der Waals surface area contributed by atoms with Crippen LogP contribution in [0.25, 0.3) is 0 Å². The second kappa shape index (κ2) is 7.89. The summed E-state index contributed by atoms with van der Waals surface area (Å²) in [6, 6.07) is 4.94. The molecular formula is C18H23F3N2O2. The monoisotopic (exact) mass is 356 g/mol. The van der Waals surface area contributed by atoms with Gasteiger partial charge in [-0.3, -0.25) is 9.59 Å². The highest BCUT2D eigenvalue weighted by Crippen LogP contribution is 2.36. The van der Waals surface area contributed by atoms with Crippen LogP contribution in [0.4, 0.5) is 18.9 Å². The van der Waals surface area contributed by atoms with E-state index in [1.165, 1.54) is 25.1 Å². The first-order valence-electron chi connectivity index (χ1n) is 8.42. The van der Waals surface area contributed by atoms with E-state index in [4.69, 9.17) is 0 Å². The van der Waals surface area contributed by atoms with E-state index in [9.17, 15) is 22.8 Å². The number of benzene rings is 1. The van der Waals surface area contributed by atoms with Crippen molar-refractivity contribution in [2.75, 3.05) is 24.5 Å². The summed E-state index contributed by atoms with van der Waals surface area (Å²) < 4.78 is 39.6. The predicted octanol–water partition coefficient (Wildman–Crippen LogP) is 3.71. The zero-order chi connectivity index (χ0) is 18.6. The Kier molecular flexibility index (Phi) is 6.08. The van der Waals surface area contributed by atoms with Gasteiger partial charge in [0.15, 0.2) is 0 Å². The average Bonchev–Trinajstić information content (AvgIpc) is 2.54. The molecular weight excluding hydrogens is 333 g/mol. The first-order chi connectivity index (χ1) is 11.7. The molecule has 0 bridgehead atoms. The van der Waals surface area contributed by atoms with Crippen LogP contribution < -0.4 is 4.90 Å². The number of para-hydroxylation sites is 1. The lowest BCUT2D eigenvalue weighted by atomic mass is 10.00. The van der Waals surface area contributed by atoms with Gasteiger partial charge in [-0.1, -0.05) is 19.1 Å². The van der Waals surface area contributed by atoms with E-state index in [1.54, 1.807) is 4.90 Å². The normalized spacial score (nSPS) is 18.1. The van der Waals surface area contributed by atoms with Gasteiger partial charge in [-0.15, -0.1) is 0 Å². The maximum Gasteiger partial charge on any atom is 0.418 e. The zero-order valence-corrected chi connectivity index (χ0v) is 14.5. The van der Waals surface area contributed by atoms with Crippen molar-refractivity contribution < 1.29 is 22.8 Å². The lowest BCUT2D eigenvalue weighted by Gasteiger charge is -2.32. The number of anilines is 1. The fraction of sp³-hybridized carbons (Fsp3) is 0.556. The number of hydrogen-bond donors (Lipinski definition) is 0. The molecule has 4 nitrogen and oxygen atoms in total. The van der Waals surface area contributed by atoms with Crippen LogP contribution >= 0.6 is 0 Å². The first kappa shape index (κ1) is 19.3. The Labute approximate surface area is 145 Å². The van der Waals surface area contributed by atoms with Crippen molar-refractivity contribution in [2.24, 2.45) is 5.92 Å². The number of hydrogen-bond acceptors (Lipinski definition) is 2. The van der Waals surface area contributed by atoms with E-state index in [1.807, 2.05) is 0 Å². The van der Waals surface area contributed by atoms with E-state index in [0.717, 1.165) is 23.8 Å². The minimum absolute atomic E-state index is 0.0124. The maximum absolute atomic E-state index is 13.2. The lowest BCUT2D eigenvalue weighted by molar-refractivity contribution is -0.137. The highest BCUT2D eigenvalue weighted by Gasteiger charge is 2.35. The van der Waals surface area contributed by atoms with Crippen molar-refractivity contribution in [3.63, 3.8) is 0 Å². The van der Waals surface area contributed by atoms with Gasteiger partial charge in [-0.2, -0.15) is 13.2 Å². The molecule has 0 aromatic heterocycles. The molecule has 1 atom stereocenters. The molecule has 7 heteroatoms. The van der Waals surface area contributed by atoms with Crippen LogP contribution in [0.15, 0.2) is 24.3 Å². The molecule has 1 saturated heterocycles. The van der Waals surface area contributed by atoms with Gasteiger partial charge in [0.1, 0.15) is 0 Å². The molecule has 2 amide bonds. The summed E-state index contributed by atoms with van der Waals surface area (Å²) in [4.78, 5) is 27.0. The van der Waals surface area contributed by atoms with Crippen molar-refractivity contribution in [3.8, 4) is 0 Å². The zero-order valence-electron chi connectivity index (χ0n) is 14.5. The summed E-state index contributed by atoms with van der Waals surface area (Å²) in [6.45, 7) is 4.55. The molecule has 0 N–H and O–H groups in total. The molecule has 0 spiro atoms. The first-order valence-corrected chi connectivity index (χ1v) is 8.42. The SMILES string of the molecule is CC(=O)N(CCC(=O)N1CCCC(C)C1)c1ccccc1C(F)(F)F. The Morgan fingerprint density at radius 1 is 1.28 bits per heavy atom. The number of alkyl halides is 3. The Morgan fingerprint density at radius 2 is 1.96 bits per heavy atom. The van der Waals surface area contributed by atoms with E-state index < -0.39 is 17.6 Å². The quantitative estimate of drug-likeness (QED) is 0.825. The number of rotatable bonds is 4. The Bertz CT molecular complexity index is 631. The standard InChI is InChI=1S/C18H23F3N2O2/c1-13-6-5-10-22(12-13)17(25)9-11-23(14(2)24)16-8-4-3-7-15(16)18(19,20)21/h3-4,7-8,13H,5-6,9-12H2,1-2H3. The Balaban J connectivity index is 2.12. The molecule has 1 aromatic rings. The number of nitrogens with zero attached hydrogens (tertiary/aromatic N) is 2. The molecule has 2 rings (SSSR count). The second-order valence-electron chi connectivity index (χ2n) is 6.52. The molecule has 138 valence electrons. The van der Waals surface area contributed by atoms with Gasteiger partial charge in [-0.05, 0) is 30.9 Å². The topological polar surface area (TPSA) is 40.6 Å². The van der Waals surface area contributed by atoms with Crippen LogP contribution in [0.3, 0.4) is 0 Å². The third-order valence-corrected chi connectivity index (χ3v) is 4.44. The number of carbonyl (C=O) groups excluding carboxylic acids is 2. The molecule has 1 fully saturated rings. The molecule has 1 aliphatic rings. The molecule has 25 heavy (non-hydrogen) atoms. The van der Waals surface area contributed by atoms with Gasteiger partial charge in [0, 0.05) is 33.0 Å². The number of piperidine rings is 1. The van der Waals surface area contributed by atoms with Crippen LogP contribution in [-0.4, -0.2) is 36.3 Å². The van der Waals surface area contributed by atoms with Gasteiger partial charge >= 0.3 is 6.18 Å². The van der Waals surface area contributed by atoms with Crippen molar-refractivity contribution >= 4 is 17.5 Å². The van der Waals surface area contributed by atoms with Crippen LogP contribution in [0.2, 0.25) is 0 Å². The summed E-state index contributed by atoms with van der Waals surface area (Å²) in [5.74, 6) is -0.216. The summed E-state index contributed by atoms with van der Waals surface area (Å²) in [5.41, 5.74) is -1.08. The molecule has 1 aliphatic heterocycles. The highest BCUT2D eigenvalue weighted by atomic mass is 19.4. The highest BCUT2D eigenvalue weighted by molar-refractivity contribution is 5.93. The number of halogens is 3. The van der Waals surface area contributed by atoms with Crippen LogP contribution in [0.5, 0.6) is 0 Å². The Hall–Kier alpha value is -2.05.